The average Bonchev–Trinajstić information content (AvgIpc) is 1.88. The van der Waals surface area contributed by atoms with Crippen molar-refractivity contribution in [3.05, 3.63) is 12.7 Å². The molecule has 0 saturated carbocycles. The van der Waals surface area contributed by atoms with Crippen molar-refractivity contribution in [1.82, 2.24) is 0 Å². The van der Waals surface area contributed by atoms with Gasteiger partial charge in [-0.25, -0.2) is 0 Å². The van der Waals surface area contributed by atoms with E-state index in [2.05, 4.69) is 6.58 Å². The number of rotatable bonds is 6. The van der Waals surface area contributed by atoms with E-state index in [0.717, 1.165) is 0 Å². The molecule has 0 spiro atoms. The third-order valence-corrected chi connectivity index (χ3v) is 3.83. The molecule has 0 radical (unpaired) electrons. The van der Waals surface area contributed by atoms with Gasteiger partial charge in [-0.1, -0.05) is 6.08 Å². The Morgan fingerprint density at radius 3 is 1.82 bits per heavy atom. The molecule has 0 aromatic carbocycles. The zero-order valence-corrected chi connectivity index (χ0v) is 7.13. The fraction of sp³-hybridized carbons (Fsp3) is 0.429. The Labute approximate surface area is 65.9 Å². The van der Waals surface area contributed by atoms with Crippen LogP contribution in [0.15, 0.2) is 12.7 Å². The highest BCUT2D eigenvalue weighted by atomic mass is 31.2. The largest absolute Gasteiger partial charge is 0.322 e. The molecule has 0 saturated heterocycles. The minimum absolute atomic E-state index is 0.0161. The van der Waals surface area contributed by atoms with E-state index in [4.69, 9.17) is 0 Å². The van der Waals surface area contributed by atoms with Crippen LogP contribution in [0.2, 0.25) is 0 Å². The van der Waals surface area contributed by atoms with Crippen LogP contribution in [0, 0.1) is 0 Å². The zero-order valence-electron chi connectivity index (χ0n) is 6.23. The molecule has 0 aliphatic rings. The summed E-state index contributed by atoms with van der Waals surface area (Å²) in [5.74, 6) is 0. The van der Waals surface area contributed by atoms with Gasteiger partial charge in [-0.3, -0.25) is 0 Å². The van der Waals surface area contributed by atoms with Crippen molar-refractivity contribution in [1.29, 1.82) is 0 Å². The summed E-state index contributed by atoms with van der Waals surface area (Å²) in [5, 5.41) is 0. The maximum atomic E-state index is 11.5. The summed E-state index contributed by atoms with van der Waals surface area (Å²) in [6.07, 6.45) is 2.90. The third-order valence-electron chi connectivity index (χ3n) is 1.28. The topological polar surface area (TPSA) is 51.2 Å². The fourth-order valence-corrected chi connectivity index (χ4v) is 2.19. The van der Waals surface area contributed by atoms with Crippen LogP contribution >= 0.6 is 7.14 Å². The highest BCUT2D eigenvalue weighted by Gasteiger charge is 2.18. The van der Waals surface area contributed by atoms with Crippen molar-refractivity contribution < 1.29 is 14.2 Å². The predicted molar refractivity (Wildman–Crippen MR) is 44.5 cm³/mol. The first kappa shape index (κ1) is 10.3. The van der Waals surface area contributed by atoms with Gasteiger partial charge in [0.25, 0.3) is 0 Å². The Morgan fingerprint density at radius 2 is 1.55 bits per heavy atom. The van der Waals surface area contributed by atoms with Crippen LogP contribution in [-0.4, -0.2) is 31.1 Å². The molecule has 0 aliphatic carbocycles. The van der Waals surface area contributed by atoms with Crippen LogP contribution in [0.3, 0.4) is 0 Å². The number of hydrogen-bond acceptors (Lipinski definition) is 3. The molecule has 0 heterocycles. The van der Waals surface area contributed by atoms with E-state index in [1.807, 2.05) is 0 Å². The van der Waals surface area contributed by atoms with Crippen LogP contribution in [-0.2, 0) is 14.2 Å². The molecular weight excluding hydrogens is 163 g/mol. The average molecular weight is 174 g/mol. The summed E-state index contributed by atoms with van der Waals surface area (Å²) in [7, 11) is -2.57. The first-order valence-corrected chi connectivity index (χ1v) is 5.50. The van der Waals surface area contributed by atoms with E-state index >= 15 is 0 Å². The van der Waals surface area contributed by atoms with Crippen molar-refractivity contribution >= 4 is 19.7 Å². The van der Waals surface area contributed by atoms with Crippen molar-refractivity contribution in [2.45, 2.75) is 0 Å². The molecule has 0 N–H and O–H groups in total. The van der Waals surface area contributed by atoms with Gasteiger partial charge in [0.15, 0.2) is 0 Å². The van der Waals surface area contributed by atoms with Gasteiger partial charge in [-0.05, 0) is 0 Å². The Hall–Kier alpha value is -0.690. The molecule has 0 amide bonds. The second-order valence-electron chi connectivity index (χ2n) is 2.23. The number of aldehydes is 2. The van der Waals surface area contributed by atoms with E-state index in [1.54, 1.807) is 0 Å². The molecule has 0 aliphatic heterocycles. The van der Waals surface area contributed by atoms with Gasteiger partial charge in [0.2, 0.25) is 0 Å². The summed E-state index contributed by atoms with van der Waals surface area (Å²) in [4.78, 5) is 20.1. The Balaban J connectivity index is 4.22. The van der Waals surface area contributed by atoms with Crippen molar-refractivity contribution in [3.63, 3.8) is 0 Å². The molecule has 0 atom stereocenters. The number of allylic oxidation sites excluding steroid dienone is 1. The van der Waals surface area contributed by atoms with Gasteiger partial charge in [0.05, 0.1) is 12.3 Å². The van der Waals surface area contributed by atoms with Gasteiger partial charge in [0, 0.05) is 6.16 Å². The maximum Gasteiger partial charge on any atom is 0.127 e. The second-order valence-corrected chi connectivity index (χ2v) is 5.44. The van der Waals surface area contributed by atoms with E-state index in [1.165, 1.54) is 6.08 Å². The fourth-order valence-electron chi connectivity index (χ4n) is 0.731. The summed E-state index contributed by atoms with van der Waals surface area (Å²) < 4.78 is 11.5. The van der Waals surface area contributed by atoms with Crippen LogP contribution in [0.5, 0.6) is 0 Å². The van der Waals surface area contributed by atoms with Gasteiger partial charge in [-0.2, -0.15) is 0 Å². The molecule has 0 bridgehead atoms. The van der Waals surface area contributed by atoms with E-state index in [0.29, 0.717) is 12.6 Å². The summed E-state index contributed by atoms with van der Waals surface area (Å²) in [5.41, 5.74) is 0. The Morgan fingerprint density at radius 1 is 1.09 bits per heavy atom. The van der Waals surface area contributed by atoms with Crippen molar-refractivity contribution in [2.24, 2.45) is 0 Å². The molecule has 0 aromatic heterocycles. The highest BCUT2D eigenvalue weighted by Crippen LogP contribution is 2.43. The Bertz CT molecular complexity index is 165. The number of hydrogen-bond donors (Lipinski definition) is 0. The first-order valence-electron chi connectivity index (χ1n) is 3.24. The lowest BCUT2D eigenvalue weighted by Gasteiger charge is -2.08. The molecule has 0 unspecified atom stereocenters. The molecule has 3 nitrogen and oxygen atoms in total. The minimum Gasteiger partial charge on any atom is -0.322 e. The molecule has 0 aromatic rings. The first-order chi connectivity index (χ1) is 5.18. The van der Waals surface area contributed by atoms with E-state index in [9.17, 15) is 14.2 Å². The van der Waals surface area contributed by atoms with E-state index in [-0.39, 0.29) is 18.5 Å². The molecule has 0 fully saturated rings. The lowest BCUT2D eigenvalue weighted by Crippen LogP contribution is -2.00. The minimum atomic E-state index is -2.57. The standard InChI is InChI=1S/C7H11O3P/c1-2-5-11(10,6-3-8)7-4-9/h2-4H,1,5-7H2. The lowest BCUT2D eigenvalue weighted by atomic mass is 10.8. The molecule has 0 rings (SSSR count). The van der Waals surface area contributed by atoms with Gasteiger partial charge < -0.3 is 14.2 Å². The van der Waals surface area contributed by atoms with Crippen LogP contribution < -0.4 is 0 Å². The van der Waals surface area contributed by atoms with Gasteiger partial charge in [0.1, 0.15) is 19.7 Å². The van der Waals surface area contributed by atoms with Crippen molar-refractivity contribution in [3.8, 4) is 0 Å². The maximum absolute atomic E-state index is 11.5. The molecule has 4 heteroatoms. The summed E-state index contributed by atoms with van der Waals surface area (Å²) in [6.45, 7) is 3.41. The smallest absolute Gasteiger partial charge is 0.127 e. The van der Waals surface area contributed by atoms with E-state index < -0.39 is 7.14 Å². The summed E-state index contributed by atoms with van der Waals surface area (Å²) in [6, 6.07) is 0. The predicted octanol–water partition coefficient (Wildman–Crippen LogP) is 0.933. The number of carbonyl (C=O) groups excluding carboxylic acids is 2. The third kappa shape index (κ3) is 3.89. The zero-order chi connectivity index (χ0) is 8.74. The van der Waals surface area contributed by atoms with Gasteiger partial charge in [-0.15, -0.1) is 6.58 Å². The Kier molecular flexibility index (Phi) is 4.71. The second kappa shape index (κ2) is 5.03. The quantitative estimate of drug-likeness (QED) is 0.342. The molecular formula is C7H11O3P. The molecule has 62 valence electrons. The van der Waals surface area contributed by atoms with Crippen LogP contribution in [0.25, 0.3) is 0 Å². The van der Waals surface area contributed by atoms with Crippen LogP contribution in [0.4, 0.5) is 0 Å². The lowest BCUT2D eigenvalue weighted by molar-refractivity contribution is -0.106. The monoisotopic (exact) mass is 174 g/mol. The van der Waals surface area contributed by atoms with Crippen molar-refractivity contribution in [2.75, 3.05) is 18.5 Å². The van der Waals surface area contributed by atoms with Gasteiger partial charge >= 0.3 is 0 Å². The SMILES string of the molecule is C=CCP(=O)(CC=O)CC=O. The molecule has 11 heavy (non-hydrogen) atoms. The normalized spacial score (nSPS) is 10.5. The number of carbonyl (C=O) groups is 2. The van der Waals surface area contributed by atoms with Crippen LogP contribution in [0.1, 0.15) is 0 Å². The highest BCUT2D eigenvalue weighted by molar-refractivity contribution is 7.65. The summed E-state index contributed by atoms with van der Waals surface area (Å²) >= 11 is 0.